The first-order valence-corrected chi connectivity index (χ1v) is 10.5. The second kappa shape index (κ2) is 9.43. The summed E-state index contributed by atoms with van der Waals surface area (Å²) in [6, 6.07) is 9.47. The predicted molar refractivity (Wildman–Crippen MR) is 108 cm³/mol. The summed E-state index contributed by atoms with van der Waals surface area (Å²) in [5.74, 6) is 0.278. The van der Waals surface area contributed by atoms with Crippen molar-refractivity contribution in [2.75, 3.05) is 0 Å². The molecule has 1 heterocycles. The van der Waals surface area contributed by atoms with E-state index in [1.54, 1.807) is 0 Å². The molecule has 1 atom stereocenters. The zero-order valence-electron chi connectivity index (χ0n) is 16.6. The van der Waals surface area contributed by atoms with Crippen LogP contribution in [0.5, 0.6) is 0 Å². The smallest absolute Gasteiger partial charge is 0.225 e. The van der Waals surface area contributed by atoms with E-state index >= 15 is 0 Å². The first-order valence-electron chi connectivity index (χ1n) is 10.5. The van der Waals surface area contributed by atoms with Crippen molar-refractivity contribution in [1.82, 2.24) is 4.98 Å². The van der Waals surface area contributed by atoms with Crippen molar-refractivity contribution < 1.29 is 8.78 Å². The molecule has 1 saturated carbocycles. The summed E-state index contributed by atoms with van der Waals surface area (Å²) in [6.45, 7) is 4.60. The lowest BCUT2D eigenvalue weighted by Crippen LogP contribution is -2.19. The largest absolute Gasteiger partial charge is 0.248 e. The van der Waals surface area contributed by atoms with Crippen LogP contribution in [-0.4, -0.2) is 4.98 Å². The normalized spacial score (nSPS) is 21.2. The monoisotopic (exact) mass is 371 g/mol. The molecule has 1 aliphatic carbocycles. The summed E-state index contributed by atoms with van der Waals surface area (Å²) < 4.78 is 26.4. The fraction of sp³-hybridized carbons (Fsp3) is 0.542. The molecule has 0 radical (unpaired) electrons. The van der Waals surface area contributed by atoms with Crippen LogP contribution in [0.2, 0.25) is 0 Å². The molecule has 1 unspecified atom stereocenters. The van der Waals surface area contributed by atoms with Gasteiger partial charge in [0.1, 0.15) is 0 Å². The number of hydrogen-bond acceptors (Lipinski definition) is 1. The Morgan fingerprint density at radius 1 is 1.00 bits per heavy atom. The molecule has 146 valence electrons. The van der Waals surface area contributed by atoms with Gasteiger partial charge in [-0.25, -0.2) is 9.37 Å². The number of aromatic nitrogens is 1. The average molecular weight is 372 g/mol. The Hall–Kier alpha value is -1.77. The van der Waals surface area contributed by atoms with E-state index in [1.807, 2.05) is 12.1 Å². The Labute approximate surface area is 162 Å². The molecule has 0 saturated heterocycles. The third-order valence-electron chi connectivity index (χ3n) is 6.38. The summed E-state index contributed by atoms with van der Waals surface area (Å²) in [5, 5.41) is 0. The van der Waals surface area contributed by atoms with Gasteiger partial charge in [0.2, 0.25) is 5.95 Å². The highest BCUT2D eigenvalue weighted by molar-refractivity contribution is 5.62. The Balaban J connectivity index is 1.58. The van der Waals surface area contributed by atoms with Gasteiger partial charge in [0.15, 0.2) is 5.82 Å². The summed E-state index contributed by atoms with van der Waals surface area (Å²) in [6.07, 6.45) is 12.3. The van der Waals surface area contributed by atoms with E-state index in [4.69, 9.17) is 0 Å². The van der Waals surface area contributed by atoms with Gasteiger partial charge in [-0.05, 0) is 47.8 Å². The Bertz CT molecular complexity index is 718. The quantitative estimate of drug-likeness (QED) is 0.362. The SMILES string of the molecule is CCCCCC1CCC(C(C)c2ccc(-c3cnc(F)c(F)c3)cc2)CC1. The van der Waals surface area contributed by atoms with Crippen LogP contribution < -0.4 is 0 Å². The van der Waals surface area contributed by atoms with Crippen molar-refractivity contribution in [2.45, 2.75) is 71.1 Å². The van der Waals surface area contributed by atoms with Gasteiger partial charge in [-0.3, -0.25) is 0 Å². The van der Waals surface area contributed by atoms with Gasteiger partial charge >= 0.3 is 0 Å². The summed E-state index contributed by atoms with van der Waals surface area (Å²) in [7, 11) is 0. The highest BCUT2D eigenvalue weighted by Gasteiger charge is 2.25. The van der Waals surface area contributed by atoms with E-state index in [2.05, 4.69) is 31.0 Å². The fourth-order valence-corrected chi connectivity index (χ4v) is 4.49. The second-order valence-electron chi connectivity index (χ2n) is 8.18. The van der Waals surface area contributed by atoms with E-state index in [9.17, 15) is 8.78 Å². The zero-order valence-corrected chi connectivity index (χ0v) is 16.6. The maximum atomic E-state index is 13.4. The van der Waals surface area contributed by atoms with Crippen molar-refractivity contribution in [3.05, 3.63) is 53.9 Å². The Morgan fingerprint density at radius 3 is 2.33 bits per heavy atom. The van der Waals surface area contributed by atoms with Gasteiger partial charge in [-0.2, -0.15) is 4.39 Å². The predicted octanol–water partition coefficient (Wildman–Crippen LogP) is 7.52. The molecular weight excluding hydrogens is 340 g/mol. The number of benzene rings is 1. The minimum Gasteiger partial charge on any atom is -0.225 e. The van der Waals surface area contributed by atoms with Gasteiger partial charge in [0.05, 0.1) is 0 Å². The Morgan fingerprint density at radius 2 is 1.70 bits per heavy atom. The molecule has 2 aromatic rings. The van der Waals surface area contributed by atoms with Crippen LogP contribution in [0.4, 0.5) is 8.78 Å². The van der Waals surface area contributed by atoms with Crippen LogP contribution in [0.3, 0.4) is 0 Å². The molecule has 1 aliphatic rings. The molecule has 27 heavy (non-hydrogen) atoms. The van der Waals surface area contributed by atoms with Crippen LogP contribution in [0.1, 0.15) is 76.7 Å². The fourth-order valence-electron chi connectivity index (χ4n) is 4.49. The molecule has 1 nitrogen and oxygen atoms in total. The van der Waals surface area contributed by atoms with Crippen molar-refractivity contribution >= 4 is 0 Å². The van der Waals surface area contributed by atoms with Gasteiger partial charge in [-0.1, -0.05) is 76.6 Å². The van der Waals surface area contributed by atoms with Crippen LogP contribution >= 0.6 is 0 Å². The first-order chi connectivity index (χ1) is 13.1. The van der Waals surface area contributed by atoms with Crippen molar-refractivity contribution in [3.8, 4) is 11.1 Å². The highest BCUT2D eigenvalue weighted by Crippen LogP contribution is 2.39. The van der Waals surface area contributed by atoms with E-state index in [-0.39, 0.29) is 0 Å². The van der Waals surface area contributed by atoms with Crippen molar-refractivity contribution in [1.29, 1.82) is 0 Å². The highest BCUT2D eigenvalue weighted by atomic mass is 19.2. The molecule has 0 amide bonds. The van der Waals surface area contributed by atoms with Gasteiger partial charge in [-0.15, -0.1) is 0 Å². The molecule has 0 spiro atoms. The minimum absolute atomic E-state index is 0.540. The van der Waals surface area contributed by atoms with Crippen LogP contribution in [0, 0.1) is 23.6 Å². The molecule has 1 fully saturated rings. The maximum Gasteiger partial charge on any atom is 0.248 e. The molecular formula is C24H31F2N. The standard InChI is InChI=1S/C24H31F2N/c1-3-4-5-6-18-7-9-19(10-8-18)17(2)20-11-13-21(14-12-20)22-15-23(25)24(26)27-16-22/h11-19H,3-10H2,1-2H3. The van der Waals surface area contributed by atoms with Gasteiger partial charge in [0, 0.05) is 11.8 Å². The lowest BCUT2D eigenvalue weighted by atomic mass is 9.73. The second-order valence-corrected chi connectivity index (χ2v) is 8.18. The third kappa shape index (κ3) is 5.15. The average Bonchev–Trinajstić information content (AvgIpc) is 2.70. The summed E-state index contributed by atoms with van der Waals surface area (Å²) in [4.78, 5) is 3.48. The zero-order chi connectivity index (χ0) is 19.2. The molecule has 0 bridgehead atoms. The number of nitrogens with zero attached hydrogens (tertiary/aromatic N) is 1. The van der Waals surface area contributed by atoms with E-state index in [1.165, 1.54) is 69.2 Å². The number of unbranched alkanes of at least 4 members (excludes halogenated alkanes) is 2. The van der Waals surface area contributed by atoms with E-state index in [0.717, 1.165) is 17.4 Å². The van der Waals surface area contributed by atoms with Crippen LogP contribution in [0.15, 0.2) is 36.5 Å². The molecule has 0 N–H and O–H groups in total. The number of rotatable bonds is 7. The van der Waals surface area contributed by atoms with E-state index < -0.39 is 11.8 Å². The lowest BCUT2D eigenvalue weighted by molar-refractivity contribution is 0.236. The first kappa shape index (κ1) is 20.0. The topological polar surface area (TPSA) is 12.9 Å². The van der Waals surface area contributed by atoms with Crippen LogP contribution in [-0.2, 0) is 0 Å². The van der Waals surface area contributed by atoms with Crippen LogP contribution in [0.25, 0.3) is 11.1 Å². The molecule has 3 heteroatoms. The summed E-state index contributed by atoms with van der Waals surface area (Å²) in [5.41, 5.74) is 2.82. The molecule has 0 aliphatic heterocycles. The Kier molecular flexibility index (Phi) is 6.98. The molecule has 1 aromatic heterocycles. The van der Waals surface area contributed by atoms with Crippen molar-refractivity contribution in [2.24, 2.45) is 11.8 Å². The molecule has 1 aromatic carbocycles. The number of pyridine rings is 1. The maximum absolute atomic E-state index is 13.4. The van der Waals surface area contributed by atoms with Crippen molar-refractivity contribution in [3.63, 3.8) is 0 Å². The van der Waals surface area contributed by atoms with Gasteiger partial charge in [0.25, 0.3) is 0 Å². The third-order valence-corrected chi connectivity index (χ3v) is 6.38. The number of hydrogen-bond donors (Lipinski definition) is 0. The number of halogens is 2. The van der Waals surface area contributed by atoms with Gasteiger partial charge < -0.3 is 0 Å². The lowest BCUT2D eigenvalue weighted by Gasteiger charge is -2.32. The molecule has 3 rings (SSSR count). The van der Waals surface area contributed by atoms with E-state index in [0.29, 0.717) is 11.5 Å². The minimum atomic E-state index is -1.05. The summed E-state index contributed by atoms with van der Waals surface area (Å²) >= 11 is 0.